The molecule has 0 aliphatic carbocycles. The van der Waals surface area contributed by atoms with E-state index in [2.05, 4.69) is 40.0 Å². The van der Waals surface area contributed by atoms with Crippen LogP contribution in [-0.4, -0.2) is 70.7 Å². The average molecular weight is 518 g/mol. The number of aryl methyl sites for hydroxylation is 1. The Balaban J connectivity index is 1.19. The quantitative estimate of drug-likeness (QED) is 0.536. The van der Waals surface area contributed by atoms with E-state index < -0.39 is 29.2 Å². The molecule has 0 atom stereocenters. The highest BCUT2D eigenvalue weighted by Gasteiger charge is 2.42. The lowest BCUT2D eigenvalue weighted by atomic mass is 9.78. The number of benzene rings is 1. The smallest absolute Gasteiger partial charge is 0.372 e. The summed E-state index contributed by atoms with van der Waals surface area (Å²) < 4.78 is 40.6. The minimum absolute atomic E-state index is 0.117. The number of anilines is 1. The van der Waals surface area contributed by atoms with Crippen LogP contribution in [0.5, 0.6) is 0 Å². The molecule has 0 N–H and O–H groups in total. The topological polar surface area (TPSA) is 61.7 Å². The number of hydrogen-bond acceptors (Lipinski definition) is 5. The number of Topliss-reactive ketones (excluding diaryl/α,β-unsaturated/α-hetero) is 1. The Labute approximate surface area is 215 Å². The number of piperidine rings is 1. The van der Waals surface area contributed by atoms with Gasteiger partial charge in [0.25, 0.3) is 0 Å². The molecule has 1 spiro atoms. The number of ketones is 1. The molecule has 0 saturated carbocycles. The van der Waals surface area contributed by atoms with Crippen LogP contribution in [0.2, 0.25) is 0 Å². The Hall–Kier alpha value is -2.88. The maximum absolute atomic E-state index is 13.3. The molecule has 10 heteroatoms. The third kappa shape index (κ3) is 5.26. The number of alkyl halides is 3. The van der Waals surface area contributed by atoms with Crippen molar-refractivity contribution in [3.63, 3.8) is 0 Å². The minimum Gasteiger partial charge on any atom is -0.372 e. The van der Waals surface area contributed by atoms with Crippen molar-refractivity contribution in [2.24, 2.45) is 5.41 Å². The molecule has 2 aromatic rings. The van der Waals surface area contributed by atoms with Gasteiger partial charge in [0.15, 0.2) is 5.78 Å². The van der Waals surface area contributed by atoms with E-state index in [1.807, 2.05) is 0 Å². The van der Waals surface area contributed by atoms with E-state index in [4.69, 9.17) is 0 Å². The first kappa shape index (κ1) is 25.8. The number of rotatable bonds is 4. The number of carbonyl (C=O) groups excluding carboxylic acids is 2. The van der Waals surface area contributed by atoms with E-state index in [1.54, 1.807) is 4.90 Å². The Bertz CT molecular complexity index is 1180. The molecule has 0 radical (unpaired) electrons. The van der Waals surface area contributed by atoms with Crippen LogP contribution in [0, 0.1) is 12.3 Å². The third-order valence-corrected chi connectivity index (χ3v) is 8.35. The summed E-state index contributed by atoms with van der Waals surface area (Å²) in [6, 6.07) is 6.18. The van der Waals surface area contributed by atoms with Crippen LogP contribution in [0.3, 0.4) is 0 Å². The number of aromatic nitrogens is 2. The fraction of sp³-hybridized carbons (Fsp3) is 0.593. The number of halogens is 3. The summed E-state index contributed by atoms with van der Waals surface area (Å²) in [7, 11) is 0. The molecule has 3 fully saturated rings. The fourth-order valence-electron chi connectivity index (χ4n) is 6.10. The van der Waals surface area contributed by atoms with Crippen molar-refractivity contribution in [3.8, 4) is 0 Å². The summed E-state index contributed by atoms with van der Waals surface area (Å²) in [6.07, 6.45) is 1.06. The lowest BCUT2D eigenvalue weighted by Gasteiger charge is -2.39. The molecule has 3 aliphatic heterocycles. The molecule has 7 nitrogen and oxygen atoms in total. The normalized spacial score (nSPS) is 20.2. The second-order valence-electron chi connectivity index (χ2n) is 10.9. The van der Waals surface area contributed by atoms with Crippen molar-refractivity contribution in [3.05, 3.63) is 46.8 Å². The number of hydrogen-bond donors (Lipinski definition) is 0. The van der Waals surface area contributed by atoms with Crippen molar-refractivity contribution in [2.45, 2.75) is 58.7 Å². The Morgan fingerprint density at radius 2 is 1.70 bits per heavy atom. The van der Waals surface area contributed by atoms with Crippen LogP contribution in [0.4, 0.5) is 23.7 Å². The minimum atomic E-state index is -4.74. The zero-order valence-corrected chi connectivity index (χ0v) is 21.5. The largest absolute Gasteiger partial charge is 0.420 e. The van der Waals surface area contributed by atoms with Crippen LogP contribution < -0.4 is 4.90 Å². The molecule has 3 saturated heterocycles. The molecule has 37 heavy (non-hydrogen) atoms. The maximum atomic E-state index is 13.3. The van der Waals surface area contributed by atoms with Gasteiger partial charge in [-0.1, -0.05) is 6.07 Å². The molecule has 0 bridgehead atoms. The second kappa shape index (κ2) is 9.78. The SMILES string of the molecule is CC(=O)c1nn(C(=O)N2CCC3(CCN(Cc4ccc(N5CCCC5)cc4C)C3)CC2)cc1C(F)(F)F. The average Bonchev–Trinajstić information content (AvgIpc) is 3.61. The standard InChI is InChI=1S/C27H34F3N5O2/c1-19-15-22(33-10-3-4-11-33)6-5-21(19)16-32-12-7-26(18-32)8-13-34(14-9-26)25(37)35-17-23(27(28,29)30)24(31-35)20(2)36/h5-6,15,17H,3-4,7-14,16,18H2,1-2H3. The molecule has 1 amide bonds. The number of carbonyl (C=O) groups is 2. The highest BCUT2D eigenvalue weighted by atomic mass is 19.4. The Morgan fingerprint density at radius 3 is 2.30 bits per heavy atom. The first-order chi connectivity index (χ1) is 17.5. The molecular formula is C27H34F3N5O2. The van der Waals surface area contributed by atoms with Crippen molar-refractivity contribution in [2.75, 3.05) is 44.2 Å². The van der Waals surface area contributed by atoms with Crippen LogP contribution >= 0.6 is 0 Å². The van der Waals surface area contributed by atoms with Gasteiger partial charge in [-0.25, -0.2) is 4.79 Å². The van der Waals surface area contributed by atoms with Gasteiger partial charge in [0.05, 0.1) is 0 Å². The highest BCUT2D eigenvalue weighted by molar-refractivity contribution is 5.94. The summed E-state index contributed by atoms with van der Waals surface area (Å²) in [6.45, 7) is 9.25. The maximum Gasteiger partial charge on any atom is 0.420 e. The zero-order valence-electron chi connectivity index (χ0n) is 21.5. The third-order valence-electron chi connectivity index (χ3n) is 8.35. The highest BCUT2D eigenvalue weighted by Crippen LogP contribution is 2.41. The molecule has 3 aliphatic rings. The van der Waals surface area contributed by atoms with E-state index in [9.17, 15) is 22.8 Å². The summed E-state index contributed by atoms with van der Waals surface area (Å²) in [5.41, 5.74) is 2.19. The number of nitrogens with zero attached hydrogens (tertiary/aromatic N) is 5. The van der Waals surface area contributed by atoms with E-state index >= 15 is 0 Å². The monoisotopic (exact) mass is 517 g/mol. The zero-order chi connectivity index (χ0) is 26.4. The first-order valence-corrected chi connectivity index (χ1v) is 13.1. The summed E-state index contributed by atoms with van der Waals surface area (Å²) in [5.74, 6) is -0.816. The van der Waals surface area contributed by atoms with Crippen LogP contribution in [0.1, 0.15) is 66.2 Å². The van der Waals surface area contributed by atoms with E-state index in [0.717, 1.165) is 58.9 Å². The van der Waals surface area contributed by atoms with Crippen LogP contribution in [0.25, 0.3) is 0 Å². The van der Waals surface area contributed by atoms with Crippen LogP contribution in [0.15, 0.2) is 24.4 Å². The predicted octanol–water partition coefficient (Wildman–Crippen LogP) is 4.97. The van der Waals surface area contributed by atoms with Gasteiger partial charge in [-0.15, -0.1) is 0 Å². The van der Waals surface area contributed by atoms with Gasteiger partial charge in [0.2, 0.25) is 0 Å². The first-order valence-electron chi connectivity index (χ1n) is 13.1. The van der Waals surface area contributed by atoms with Gasteiger partial charge in [-0.05, 0) is 74.2 Å². The summed E-state index contributed by atoms with van der Waals surface area (Å²) in [4.78, 5) is 31.0. The van der Waals surface area contributed by atoms with E-state index in [-0.39, 0.29) is 5.41 Å². The molecule has 1 aromatic carbocycles. The van der Waals surface area contributed by atoms with Crippen LogP contribution in [-0.2, 0) is 12.7 Å². The van der Waals surface area contributed by atoms with Gasteiger partial charge >= 0.3 is 12.2 Å². The molecule has 200 valence electrons. The second-order valence-corrected chi connectivity index (χ2v) is 10.9. The molecule has 4 heterocycles. The van der Waals surface area contributed by atoms with Gasteiger partial charge in [0, 0.05) is 58.1 Å². The van der Waals surface area contributed by atoms with Crippen molar-refractivity contribution in [1.82, 2.24) is 19.6 Å². The number of likely N-dealkylation sites (tertiary alicyclic amines) is 2. The van der Waals surface area contributed by atoms with Gasteiger partial charge in [-0.2, -0.15) is 23.0 Å². The molecule has 5 rings (SSSR count). The molecular weight excluding hydrogens is 483 g/mol. The van der Waals surface area contributed by atoms with Crippen molar-refractivity contribution in [1.29, 1.82) is 0 Å². The molecule has 1 aromatic heterocycles. The van der Waals surface area contributed by atoms with E-state index in [0.29, 0.717) is 24.0 Å². The summed E-state index contributed by atoms with van der Waals surface area (Å²) in [5, 5.41) is 3.68. The van der Waals surface area contributed by atoms with Crippen molar-refractivity contribution >= 4 is 17.5 Å². The van der Waals surface area contributed by atoms with Gasteiger partial charge < -0.3 is 9.80 Å². The van der Waals surface area contributed by atoms with Gasteiger partial charge in [-0.3, -0.25) is 9.69 Å². The Morgan fingerprint density at radius 1 is 1.03 bits per heavy atom. The fourth-order valence-corrected chi connectivity index (χ4v) is 6.10. The molecule has 0 unspecified atom stereocenters. The Kier molecular flexibility index (Phi) is 6.81. The lowest BCUT2D eigenvalue weighted by molar-refractivity contribution is -0.137. The lowest BCUT2D eigenvalue weighted by Crippen LogP contribution is -2.45. The predicted molar refractivity (Wildman–Crippen MR) is 134 cm³/mol. The summed E-state index contributed by atoms with van der Waals surface area (Å²) >= 11 is 0. The van der Waals surface area contributed by atoms with E-state index in [1.165, 1.54) is 29.7 Å². The van der Waals surface area contributed by atoms with Gasteiger partial charge in [0.1, 0.15) is 11.3 Å². The van der Waals surface area contributed by atoms with Crippen molar-refractivity contribution < 1.29 is 22.8 Å². The number of amides is 1.